The van der Waals surface area contributed by atoms with Crippen molar-refractivity contribution in [2.75, 3.05) is 12.3 Å². The van der Waals surface area contributed by atoms with Crippen LogP contribution in [0.2, 0.25) is 0 Å². The summed E-state index contributed by atoms with van der Waals surface area (Å²) in [4.78, 5) is 0. The van der Waals surface area contributed by atoms with Crippen LogP contribution in [0.3, 0.4) is 0 Å². The van der Waals surface area contributed by atoms with Gasteiger partial charge in [0.05, 0.1) is 17.8 Å². The van der Waals surface area contributed by atoms with Crippen LogP contribution in [0.15, 0.2) is 6.07 Å². The first-order valence-corrected chi connectivity index (χ1v) is 5.11. The Morgan fingerprint density at radius 1 is 1.71 bits per heavy atom. The fourth-order valence-electron chi connectivity index (χ4n) is 2.00. The second kappa shape index (κ2) is 3.61. The number of aromatic nitrogens is 2. The van der Waals surface area contributed by atoms with Gasteiger partial charge in [-0.3, -0.25) is 0 Å². The highest BCUT2D eigenvalue weighted by atomic mass is 16.5. The predicted molar refractivity (Wildman–Crippen MR) is 55.1 cm³/mol. The van der Waals surface area contributed by atoms with Crippen molar-refractivity contribution in [1.82, 2.24) is 9.78 Å². The van der Waals surface area contributed by atoms with Gasteiger partial charge in [0, 0.05) is 12.7 Å². The van der Waals surface area contributed by atoms with E-state index in [0.717, 1.165) is 31.0 Å². The van der Waals surface area contributed by atoms with Crippen molar-refractivity contribution in [2.24, 2.45) is 0 Å². The zero-order valence-corrected chi connectivity index (χ0v) is 8.73. The lowest BCUT2D eigenvalue weighted by Gasteiger charge is -2.19. The number of nitrogens with zero attached hydrogens (tertiary/aromatic N) is 2. The maximum Gasteiger partial charge on any atom is 0.122 e. The van der Waals surface area contributed by atoms with E-state index in [-0.39, 0.29) is 12.1 Å². The summed E-state index contributed by atoms with van der Waals surface area (Å²) in [5, 5.41) is 4.37. The Hall–Kier alpha value is -1.03. The predicted octanol–water partition coefficient (Wildman–Crippen LogP) is 1.51. The zero-order valence-electron chi connectivity index (χ0n) is 8.73. The zero-order chi connectivity index (χ0) is 10.1. The highest BCUT2D eigenvalue weighted by Crippen LogP contribution is 2.25. The summed E-state index contributed by atoms with van der Waals surface area (Å²) in [5.74, 6) is 0.727. The molecular weight excluding hydrogens is 178 g/mol. The van der Waals surface area contributed by atoms with Crippen molar-refractivity contribution in [3.05, 3.63) is 11.8 Å². The highest BCUT2D eigenvalue weighted by molar-refractivity contribution is 5.30. The summed E-state index contributed by atoms with van der Waals surface area (Å²) in [6.07, 6.45) is 2.53. The summed E-state index contributed by atoms with van der Waals surface area (Å²) < 4.78 is 7.48. The van der Waals surface area contributed by atoms with Gasteiger partial charge in [-0.25, -0.2) is 4.68 Å². The SMILES string of the molecule is Cc1cc(N)n(C(C)C2CCCO2)n1. The lowest BCUT2D eigenvalue weighted by Crippen LogP contribution is -2.23. The molecule has 2 N–H and O–H groups in total. The van der Waals surface area contributed by atoms with Crippen LogP contribution in [0.25, 0.3) is 0 Å². The van der Waals surface area contributed by atoms with Crippen LogP contribution in [0.4, 0.5) is 5.82 Å². The molecule has 2 rings (SSSR count). The van der Waals surface area contributed by atoms with Gasteiger partial charge >= 0.3 is 0 Å². The molecule has 0 saturated carbocycles. The maximum absolute atomic E-state index is 5.85. The third kappa shape index (κ3) is 1.62. The summed E-state index contributed by atoms with van der Waals surface area (Å²) in [6.45, 7) is 4.93. The minimum absolute atomic E-state index is 0.242. The fourth-order valence-corrected chi connectivity index (χ4v) is 2.00. The van der Waals surface area contributed by atoms with Gasteiger partial charge in [0.25, 0.3) is 0 Å². The summed E-state index contributed by atoms with van der Waals surface area (Å²) >= 11 is 0. The quantitative estimate of drug-likeness (QED) is 0.778. The van der Waals surface area contributed by atoms with Crippen LogP contribution >= 0.6 is 0 Å². The van der Waals surface area contributed by atoms with Gasteiger partial charge < -0.3 is 10.5 Å². The normalized spacial score (nSPS) is 24.0. The van der Waals surface area contributed by atoms with Gasteiger partial charge in [-0.05, 0) is 26.7 Å². The van der Waals surface area contributed by atoms with Crippen molar-refractivity contribution in [3.63, 3.8) is 0 Å². The van der Waals surface area contributed by atoms with Gasteiger partial charge in [0.1, 0.15) is 5.82 Å². The molecular formula is C10H17N3O. The van der Waals surface area contributed by atoms with Crippen LogP contribution in [0.1, 0.15) is 31.5 Å². The first-order chi connectivity index (χ1) is 6.68. The number of aryl methyl sites for hydroxylation is 1. The molecule has 1 aliphatic rings. The number of nitrogen functional groups attached to an aromatic ring is 1. The number of ether oxygens (including phenoxy) is 1. The van der Waals surface area contributed by atoms with E-state index in [0.29, 0.717) is 0 Å². The van der Waals surface area contributed by atoms with Crippen LogP contribution < -0.4 is 5.73 Å². The molecule has 78 valence electrons. The summed E-state index contributed by atoms with van der Waals surface area (Å²) in [5.41, 5.74) is 6.82. The molecule has 1 aliphatic heterocycles. The molecule has 1 fully saturated rings. The van der Waals surface area contributed by atoms with Gasteiger partial charge in [0.2, 0.25) is 0 Å². The standard InChI is InChI=1S/C10H17N3O/c1-7-6-10(11)13(12-7)8(2)9-4-3-5-14-9/h6,8-9H,3-5,11H2,1-2H3. The number of hydrogen-bond donors (Lipinski definition) is 1. The fraction of sp³-hybridized carbons (Fsp3) is 0.700. The number of nitrogens with two attached hydrogens (primary N) is 1. The Kier molecular flexibility index (Phi) is 2.46. The smallest absolute Gasteiger partial charge is 0.122 e. The summed E-state index contributed by atoms with van der Waals surface area (Å²) in [6, 6.07) is 2.14. The monoisotopic (exact) mass is 195 g/mol. The second-order valence-corrected chi connectivity index (χ2v) is 3.95. The van der Waals surface area contributed by atoms with E-state index in [2.05, 4.69) is 12.0 Å². The Morgan fingerprint density at radius 2 is 2.50 bits per heavy atom. The molecule has 0 amide bonds. The molecule has 1 saturated heterocycles. The van der Waals surface area contributed by atoms with E-state index in [1.54, 1.807) is 0 Å². The third-order valence-electron chi connectivity index (χ3n) is 2.78. The van der Waals surface area contributed by atoms with E-state index in [4.69, 9.17) is 10.5 Å². The van der Waals surface area contributed by atoms with Crippen LogP contribution in [-0.2, 0) is 4.74 Å². The number of hydrogen-bond acceptors (Lipinski definition) is 3. The molecule has 0 aliphatic carbocycles. The topological polar surface area (TPSA) is 53.1 Å². The van der Waals surface area contributed by atoms with E-state index >= 15 is 0 Å². The largest absolute Gasteiger partial charge is 0.384 e. The third-order valence-corrected chi connectivity index (χ3v) is 2.78. The molecule has 1 aromatic rings. The van der Waals surface area contributed by atoms with Gasteiger partial charge in [0.15, 0.2) is 0 Å². The molecule has 2 unspecified atom stereocenters. The molecule has 2 heterocycles. The van der Waals surface area contributed by atoms with E-state index in [1.807, 2.05) is 17.7 Å². The number of rotatable bonds is 2. The van der Waals surface area contributed by atoms with Crippen molar-refractivity contribution in [3.8, 4) is 0 Å². The first kappa shape index (κ1) is 9.52. The Balaban J connectivity index is 2.17. The van der Waals surface area contributed by atoms with Crippen molar-refractivity contribution in [1.29, 1.82) is 0 Å². The van der Waals surface area contributed by atoms with Crippen LogP contribution in [-0.4, -0.2) is 22.5 Å². The molecule has 0 aromatic carbocycles. The average molecular weight is 195 g/mol. The molecule has 1 aromatic heterocycles. The Morgan fingerprint density at radius 3 is 3.00 bits per heavy atom. The van der Waals surface area contributed by atoms with Gasteiger partial charge in [-0.15, -0.1) is 0 Å². The van der Waals surface area contributed by atoms with Crippen molar-refractivity contribution in [2.45, 2.75) is 38.8 Å². The Bertz CT molecular complexity index is 315. The molecule has 0 radical (unpaired) electrons. The van der Waals surface area contributed by atoms with E-state index < -0.39 is 0 Å². The second-order valence-electron chi connectivity index (χ2n) is 3.95. The minimum Gasteiger partial charge on any atom is -0.384 e. The molecule has 2 atom stereocenters. The molecule has 0 spiro atoms. The van der Waals surface area contributed by atoms with E-state index in [9.17, 15) is 0 Å². The molecule has 4 heteroatoms. The van der Waals surface area contributed by atoms with Gasteiger partial charge in [-0.2, -0.15) is 5.10 Å². The van der Waals surface area contributed by atoms with Crippen molar-refractivity contribution < 1.29 is 4.74 Å². The lowest BCUT2D eigenvalue weighted by atomic mass is 10.1. The molecule has 0 bridgehead atoms. The highest BCUT2D eigenvalue weighted by Gasteiger charge is 2.25. The van der Waals surface area contributed by atoms with Gasteiger partial charge in [-0.1, -0.05) is 0 Å². The molecule has 14 heavy (non-hydrogen) atoms. The molecule has 4 nitrogen and oxygen atoms in total. The lowest BCUT2D eigenvalue weighted by molar-refractivity contribution is 0.0698. The number of anilines is 1. The van der Waals surface area contributed by atoms with Crippen molar-refractivity contribution >= 4 is 5.82 Å². The first-order valence-electron chi connectivity index (χ1n) is 5.11. The maximum atomic E-state index is 5.85. The Labute approximate surface area is 84.0 Å². The minimum atomic E-state index is 0.242. The van der Waals surface area contributed by atoms with Crippen LogP contribution in [0.5, 0.6) is 0 Å². The summed E-state index contributed by atoms with van der Waals surface area (Å²) in [7, 11) is 0. The van der Waals surface area contributed by atoms with Crippen LogP contribution in [0, 0.1) is 6.92 Å². The van der Waals surface area contributed by atoms with E-state index in [1.165, 1.54) is 0 Å². The average Bonchev–Trinajstić information content (AvgIpc) is 2.73.